The number of amides is 1. The fraction of sp³-hybridized carbons (Fsp3) is 0.607. The molecule has 0 bridgehead atoms. The number of hydroxylamine groups is 1. The van der Waals surface area contributed by atoms with E-state index < -0.39 is 17.5 Å². The summed E-state index contributed by atoms with van der Waals surface area (Å²) in [5.74, 6) is 0. The number of carbonyl (C=O) groups excluding carboxylic acids is 1. The Bertz CT molecular complexity index is 1160. The Morgan fingerprint density at radius 1 is 1.24 bits per heavy atom. The zero-order chi connectivity index (χ0) is 29.8. The van der Waals surface area contributed by atoms with E-state index in [4.69, 9.17) is 19.0 Å². The summed E-state index contributed by atoms with van der Waals surface area (Å²) in [6, 6.07) is 3.48. The van der Waals surface area contributed by atoms with Crippen LogP contribution in [0.3, 0.4) is 0 Å². The Labute approximate surface area is 238 Å². The summed E-state index contributed by atoms with van der Waals surface area (Å²) in [6.07, 6.45) is -1.51. The van der Waals surface area contributed by atoms with Crippen LogP contribution in [0.25, 0.3) is 5.70 Å². The van der Waals surface area contributed by atoms with E-state index in [0.717, 1.165) is 24.1 Å². The van der Waals surface area contributed by atoms with Gasteiger partial charge in [0, 0.05) is 49.7 Å². The summed E-state index contributed by atoms with van der Waals surface area (Å²) in [5.41, 5.74) is 3.99. The Morgan fingerprint density at radius 3 is 2.71 bits per heavy atom. The standard InChI is InChI=1S/C28H39F3N4O6/c1-27(2,3)41-26(37)34-11-5-8-19(14-34)32-23-10-9-20-22(21(23)15-36)16-39-12-6-7-18-13-24(28(29,30)31)33-35(25(18)20)40-17-38-4/h9-10,13,19,32-33,36H,5-8,11-12,14-17H2,1-4H3/t19-/m1/s1. The van der Waals surface area contributed by atoms with Crippen LogP contribution in [-0.4, -0.2) is 72.7 Å². The van der Waals surface area contributed by atoms with Crippen molar-refractivity contribution in [3.63, 3.8) is 0 Å². The number of fused-ring (bicyclic) bond motifs is 2. The minimum Gasteiger partial charge on any atom is -0.444 e. The smallest absolute Gasteiger partial charge is 0.432 e. The first-order chi connectivity index (χ1) is 19.4. The maximum Gasteiger partial charge on any atom is 0.432 e. The summed E-state index contributed by atoms with van der Waals surface area (Å²) >= 11 is 0. The lowest BCUT2D eigenvalue weighted by Gasteiger charge is -2.36. The molecule has 1 aromatic carbocycles. The summed E-state index contributed by atoms with van der Waals surface area (Å²) in [4.78, 5) is 19.9. The van der Waals surface area contributed by atoms with Gasteiger partial charge in [0.1, 0.15) is 11.3 Å². The number of aliphatic hydroxyl groups is 1. The van der Waals surface area contributed by atoms with Gasteiger partial charge in [-0.3, -0.25) is 5.43 Å². The molecule has 0 radical (unpaired) electrons. The van der Waals surface area contributed by atoms with Crippen LogP contribution in [0, 0.1) is 0 Å². The molecule has 0 aromatic heterocycles. The molecular weight excluding hydrogens is 545 g/mol. The topological polar surface area (TPSA) is 105 Å². The van der Waals surface area contributed by atoms with Crippen LogP contribution < -0.4 is 10.7 Å². The molecule has 1 amide bonds. The minimum absolute atomic E-state index is 0.0955. The van der Waals surface area contributed by atoms with Crippen LogP contribution >= 0.6 is 0 Å². The van der Waals surface area contributed by atoms with Crippen molar-refractivity contribution in [1.82, 2.24) is 15.5 Å². The molecule has 3 heterocycles. The van der Waals surface area contributed by atoms with Gasteiger partial charge in [0.25, 0.3) is 0 Å². The first-order valence-corrected chi connectivity index (χ1v) is 13.7. The van der Waals surface area contributed by atoms with E-state index in [1.165, 1.54) is 7.11 Å². The first-order valence-electron chi connectivity index (χ1n) is 13.7. The number of hydrogen-bond donors (Lipinski definition) is 3. The van der Waals surface area contributed by atoms with Crippen LogP contribution in [0.4, 0.5) is 23.7 Å². The molecule has 4 rings (SSSR count). The molecule has 1 atom stereocenters. The van der Waals surface area contributed by atoms with E-state index in [-0.39, 0.29) is 32.1 Å². The van der Waals surface area contributed by atoms with E-state index in [1.54, 1.807) is 17.0 Å². The lowest BCUT2D eigenvalue weighted by Crippen LogP contribution is -2.47. The molecule has 1 saturated heterocycles. The second kappa shape index (κ2) is 12.9. The van der Waals surface area contributed by atoms with Gasteiger partial charge in [0.05, 0.1) is 18.9 Å². The van der Waals surface area contributed by atoms with Gasteiger partial charge in [0.15, 0.2) is 6.79 Å². The number of hydrazine groups is 1. The third-order valence-electron chi connectivity index (χ3n) is 6.91. The Morgan fingerprint density at radius 2 is 2.02 bits per heavy atom. The fourth-order valence-electron chi connectivity index (χ4n) is 5.13. The number of piperidine rings is 1. The molecule has 0 spiro atoms. The van der Waals surface area contributed by atoms with Gasteiger partial charge < -0.3 is 29.5 Å². The maximum atomic E-state index is 13.7. The summed E-state index contributed by atoms with van der Waals surface area (Å²) in [5, 5.41) is 15.0. The van der Waals surface area contributed by atoms with Crippen molar-refractivity contribution in [1.29, 1.82) is 0 Å². The van der Waals surface area contributed by atoms with E-state index >= 15 is 0 Å². The number of carbonyl (C=O) groups is 1. The average molecular weight is 585 g/mol. The van der Waals surface area contributed by atoms with Crippen molar-refractivity contribution >= 4 is 17.5 Å². The van der Waals surface area contributed by atoms with Crippen LogP contribution in [0.5, 0.6) is 0 Å². The molecular formula is C28H39F3N4O6. The summed E-state index contributed by atoms with van der Waals surface area (Å²) < 4.78 is 57.6. The largest absolute Gasteiger partial charge is 0.444 e. The summed E-state index contributed by atoms with van der Waals surface area (Å²) in [6.45, 7) is 6.33. The normalized spacial score (nSPS) is 20.2. The van der Waals surface area contributed by atoms with E-state index in [2.05, 4.69) is 10.7 Å². The number of nitrogens with zero attached hydrogens (tertiary/aromatic N) is 2. The highest BCUT2D eigenvalue weighted by Gasteiger charge is 2.39. The molecule has 1 aromatic rings. The quantitative estimate of drug-likeness (QED) is 0.406. The number of aliphatic hydroxyl groups excluding tert-OH is 1. The second-order valence-corrected chi connectivity index (χ2v) is 11.2. The number of benzene rings is 1. The van der Waals surface area contributed by atoms with Gasteiger partial charge in [-0.15, -0.1) is 0 Å². The molecule has 0 aliphatic carbocycles. The fourth-order valence-corrected chi connectivity index (χ4v) is 5.13. The lowest BCUT2D eigenvalue weighted by atomic mass is 9.93. The average Bonchev–Trinajstić information content (AvgIpc) is 2.99. The number of nitrogens with one attached hydrogen (secondary N) is 2. The van der Waals surface area contributed by atoms with Crippen molar-refractivity contribution in [2.75, 3.05) is 38.9 Å². The van der Waals surface area contributed by atoms with Crippen molar-refractivity contribution in [2.45, 2.75) is 77.5 Å². The number of hydrogen-bond acceptors (Lipinski definition) is 9. The number of rotatable bonds is 6. The highest BCUT2D eigenvalue weighted by molar-refractivity contribution is 5.76. The van der Waals surface area contributed by atoms with Gasteiger partial charge in [0.2, 0.25) is 0 Å². The number of allylic oxidation sites excluding steroid dienone is 3. The number of methoxy groups -OCH3 is 1. The zero-order valence-corrected chi connectivity index (χ0v) is 23.9. The number of halogens is 3. The van der Waals surface area contributed by atoms with E-state index in [9.17, 15) is 23.1 Å². The second-order valence-electron chi connectivity index (χ2n) is 11.2. The lowest BCUT2D eigenvalue weighted by molar-refractivity contribution is -0.214. The predicted molar refractivity (Wildman–Crippen MR) is 145 cm³/mol. The first kappa shape index (κ1) is 30.9. The predicted octanol–water partition coefficient (Wildman–Crippen LogP) is 4.81. The van der Waals surface area contributed by atoms with Crippen molar-refractivity contribution in [2.24, 2.45) is 0 Å². The minimum atomic E-state index is -4.62. The molecule has 3 aliphatic rings. The van der Waals surface area contributed by atoms with Crippen LogP contribution in [0.2, 0.25) is 0 Å². The molecule has 0 unspecified atom stereocenters. The van der Waals surface area contributed by atoms with Crippen molar-refractivity contribution < 1.29 is 42.1 Å². The van der Waals surface area contributed by atoms with Crippen LogP contribution in [0.15, 0.2) is 29.5 Å². The maximum absolute atomic E-state index is 13.7. The van der Waals surface area contributed by atoms with E-state index in [1.807, 2.05) is 20.8 Å². The molecule has 13 heteroatoms. The van der Waals surface area contributed by atoms with Gasteiger partial charge in [-0.1, -0.05) is 6.07 Å². The van der Waals surface area contributed by atoms with Crippen molar-refractivity contribution in [3.8, 4) is 0 Å². The van der Waals surface area contributed by atoms with Gasteiger partial charge in [-0.05, 0) is 69.7 Å². The zero-order valence-electron chi connectivity index (χ0n) is 23.9. The van der Waals surface area contributed by atoms with Gasteiger partial charge in [-0.25, -0.2) is 9.63 Å². The van der Waals surface area contributed by atoms with Crippen molar-refractivity contribution in [3.05, 3.63) is 46.2 Å². The molecule has 1 fully saturated rings. The number of alkyl halides is 3. The summed E-state index contributed by atoms with van der Waals surface area (Å²) in [7, 11) is 1.38. The number of likely N-dealkylation sites (tertiary alicyclic amines) is 1. The van der Waals surface area contributed by atoms with E-state index in [0.29, 0.717) is 66.2 Å². The Hall–Kier alpha value is -3.00. The SMILES string of the molecule is COCON1NC(C(F)(F)F)=CC2=C1c1ccc(N[C@@H]3CCCN(C(=O)OC(C)(C)C)C3)c(CO)c1COCCC2. The highest BCUT2D eigenvalue weighted by atomic mass is 19.4. The molecule has 228 valence electrons. The number of ether oxygens (including phenoxy) is 3. The third-order valence-corrected chi connectivity index (χ3v) is 6.91. The Balaban J connectivity index is 1.70. The van der Waals surface area contributed by atoms with Gasteiger partial charge in [-0.2, -0.15) is 18.3 Å². The molecule has 41 heavy (non-hydrogen) atoms. The Kier molecular flexibility index (Phi) is 9.73. The monoisotopic (exact) mass is 584 g/mol. The van der Waals surface area contributed by atoms with Gasteiger partial charge >= 0.3 is 12.3 Å². The van der Waals surface area contributed by atoms with Crippen LogP contribution in [-0.2, 0) is 32.3 Å². The molecule has 0 saturated carbocycles. The molecule has 3 N–H and O–H groups in total. The molecule has 3 aliphatic heterocycles. The molecule has 10 nitrogen and oxygen atoms in total. The highest BCUT2D eigenvalue weighted by Crippen LogP contribution is 2.39. The van der Waals surface area contributed by atoms with Crippen LogP contribution in [0.1, 0.15) is 63.1 Å². The number of anilines is 1. The third kappa shape index (κ3) is 7.64.